The van der Waals surface area contributed by atoms with E-state index in [4.69, 9.17) is 4.74 Å². The Morgan fingerprint density at radius 2 is 2.28 bits per heavy atom. The Hall–Kier alpha value is -1.00. The predicted molar refractivity (Wildman–Crippen MR) is 69.2 cm³/mol. The molecule has 3 rings (SSSR count). The summed E-state index contributed by atoms with van der Waals surface area (Å²) in [6.07, 6.45) is 9.78. The molecular weight excluding hydrogens is 226 g/mol. The number of rotatable bonds is 3. The summed E-state index contributed by atoms with van der Waals surface area (Å²) in [4.78, 5) is 8.65. The summed E-state index contributed by atoms with van der Waals surface area (Å²) in [6.45, 7) is 3.67. The maximum absolute atomic E-state index is 5.93. The predicted octanol–water partition coefficient (Wildman–Crippen LogP) is 1.98. The molecule has 2 heterocycles. The second-order valence-electron chi connectivity index (χ2n) is 5.60. The largest absolute Gasteiger partial charge is 0.375 e. The van der Waals surface area contributed by atoms with Crippen molar-refractivity contribution in [1.29, 1.82) is 0 Å². The molecule has 1 aromatic rings. The van der Waals surface area contributed by atoms with Crippen molar-refractivity contribution < 1.29 is 4.74 Å². The van der Waals surface area contributed by atoms with Gasteiger partial charge in [0.2, 0.25) is 0 Å². The molecule has 4 nitrogen and oxygen atoms in total. The van der Waals surface area contributed by atoms with E-state index in [-0.39, 0.29) is 5.60 Å². The second kappa shape index (κ2) is 4.94. The Morgan fingerprint density at radius 3 is 2.94 bits per heavy atom. The van der Waals surface area contributed by atoms with Gasteiger partial charge < -0.3 is 10.1 Å². The first-order chi connectivity index (χ1) is 8.76. The third kappa shape index (κ3) is 2.54. The van der Waals surface area contributed by atoms with Crippen molar-refractivity contribution in [2.24, 2.45) is 0 Å². The second-order valence-corrected chi connectivity index (χ2v) is 5.60. The Balaban J connectivity index is 1.52. The molecule has 1 atom stereocenters. The monoisotopic (exact) mass is 247 g/mol. The van der Waals surface area contributed by atoms with Crippen molar-refractivity contribution >= 4 is 0 Å². The van der Waals surface area contributed by atoms with Crippen molar-refractivity contribution in [2.45, 2.75) is 57.2 Å². The third-order valence-electron chi connectivity index (χ3n) is 4.16. The van der Waals surface area contributed by atoms with Crippen LogP contribution >= 0.6 is 0 Å². The van der Waals surface area contributed by atoms with E-state index in [1.54, 1.807) is 0 Å². The van der Waals surface area contributed by atoms with Crippen LogP contribution in [0, 0.1) is 6.92 Å². The normalized spacial score (nSPS) is 25.9. The van der Waals surface area contributed by atoms with Gasteiger partial charge in [0.1, 0.15) is 0 Å². The van der Waals surface area contributed by atoms with Gasteiger partial charge in [0.25, 0.3) is 0 Å². The van der Waals surface area contributed by atoms with Gasteiger partial charge >= 0.3 is 0 Å². The molecule has 2 fully saturated rings. The van der Waals surface area contributed by atoms with Gasteiger partial charge in [0.05, 0.1) is 17.0 Å². The number of aromatic nitrogens is 2. The summed E-state index contributed by atoms with van der Waals surface area (Å²) in [5.74, 6) is 0. The molecule has 1 unspecified atom stereocenters. The van der Waals surface area contributed by atoms with Gasteiger partial charge in [-0.3, -0.25) is 9.97 Å². The molecule has 0 amide bonds. The lowest BCUT2D eigenvalue weighted by Gasteiger charge is -2.47. The zero-order valence-corrected chi connectivity index (χ0v) is 11.0. The van der Waals surface area contributed by atoms with E-state index in [0.717, 1.165) is 37.4 Å². The molecule has 0 radical (unpaired) electrons. The van der Waals surface area contributed by atoms with Crippen LogP contribution in [-0.2, 0) is 11.3 Å². The average molecular weight is 247 g/mol. The molecule has 1 aliphatic carbocycles. The fourth-order valence-electron chi connectivity index (χ4n) is 2.88. The lowest BCUT2D eigenvalue weighted by atomic mass is 9.74. The quantitative estimate of drug-likeness (QED) is 0.887. The van der Waals surface area contributed by atoms with Crippen molar-refractivity contribution in [3.63, 3.8) is 0 Å². The van der Waals surface area contributed by atoms with Gasteiger partial charge in [0, 0.05) is 31.6 Å². The van der Waals surface area contributed by atoms with Gasteiger partial charge in [-0.15, -0.1) is 0 Å². The van der Waals surface area contributed by atoms with Crippen LogP contribution in [0.25, 0.3) is 0 Å². The lowest BCUT2D eigenvalue weighted by Crippen LogP contribution is -2.50. The molecule has 1 saturated carbocycles. The minimum Gasteiger partial charge on any atom is -0.375 e. The van der Waals surface area contributed by atoms with E-state index < -0.39 is 0 Å². The minimum absolute atomic E-state index is 0.217. The molecule has 18 heavy (non-hydrogen) atoms. The summed E-state index contributed by atoms with van der Waals surface area (Å²) >= 11 is 0. The Labute approximate surface area is 108 Å². The molecule has 1 saturated heterocycles. The number of ether oxygens (including phenoxy) is 1. The highest BCUT2D eigenvalue weighted by Gasteiger charge is 2.42. The number of hydrogen-bond donors (Lipinski definition) is 1. The summed E-state index contributed by atoms with van der Waals surface area (Å²) in [5, 5.41) is 3.60. The van der Waals surface area contributed by atoms with Crippen LogP contribution < -0.4 is 5.32 Å². The maximum atomic E-state index is 5.93. The van der Waals surface area contributed by atoms with Crippen molar-refractivity contribution in [1.82, 2.24) is 15.3 Å². The van der Waals surface area contributed by atoms with Gasteiger partial charge in [0.15, 0.2) is 0 Å². The van der Waals surface area contributed by atoms with Crippen molar-refractivity contribution in [3.8, 4) is 0 Å². The molecule has 1 N–H and O–H groups in total. The van der Waals surface area contributed by atoms with Gasteiger partial charge in [-0.25, -0.2) is 0 Å². The van der Waals surface area contributed by atoms with Gasteiger partial charge in [-0.2, -0.15) is 0 Å². The van der Waals surface area contributed by atoms with E-state index in [2.05, 4.69) is 15.3 Å². The minimum atomic E-state index is 0.217. The lowest BCUT2D eigenvalue weighted by molar-refractivity contribution is -0.135. The van der Waals surface area contributed by atoms with E-state index >= 15 is 0 Å². The van der Waals surface area contributed by atoms with E-state index in [1.165, 1.54) is 19.3 Å². The van der Waals surface area contributed by atoms with Crippen LogP contribution in [-0.4, -0.2) is 28.2 Å². The molecule has 1 aromatic heterocycles. The van der Waals surface area contributed by atoms with Gasteiger partial charge in [-0.1, -0.05) is 0 Å². The molecule has 2 aliphatic rings. The van der Waals surface area contributed by atoms with Crippen LogP contribution in [0.15, 0.2) is 12.4 Å². The summed E-state index contributed by atoms with van der Waals surface area (Å²) in [5.41, 5.74) is 2.21. The molecular formula is C14H21N3O. The smallest absolute Gasteiger partial charge is 0.0724 e. The Morgan fingerprint density at radius 1 is 1.39 bits per heavy atom. The number of aryl methyl sites for hydroxylation is 1. The topological polar surface area (TPSA) is 47.0 Å². The van der Waals surface area contributed by atoms with Gasteiger partial charge in [-0.05, 0) is 39.0 Å². The van der Waals surface area contributed by atoms with E-state index in [0.29, 0.717) is 6.04 Å². The van der Waals surface area contributed by atoms with E-state index in [9.17, 15) is 0 Å². The molecule has 1 aliphatic heterocycles. The first-order valence-electron chi connectivity index (χ1n) is 6.91. The van der Waals surface area contributed by atoms with Crippen molar-refractivity contribution in [2.75, 3.05) is 6.61 Å². The summed E-state index contributed by atoms with van der Waals surface area (Å²) in [6, 6.07) is 0.571. The van der Waals surface area contributed by atoms with E-state index in [1.807, 2.05) is 19.3 Å². The summed E-state index contributed by atoms with van der Waals surface area (Å²) < 4.78 is 5.93. The number of nitrogens with zero attached hydrogens (tertiary/aromatic N) is 2. The Bertz CT molecular complexity index is 400. The molecule has 0 aromatic carbocycles. The average Bonchev–Trinajstić information content (AvgIpc) is 2.37. The highest BCUT2D eigenvalue weighted by molar-refractivity contribution is 5.01. The Kier molecular flexibility index (Phi) is 3.31. The standard InChI is InChI=1S/C14H21N3O/c1-11-8-16-13(9-15-11)10-17-12-3-6-18-14(7-12)4-2-5-14/h8-9,12,17H,2-7,10H2,1H3. The number of nitrogens with one attached hydrogen (secondary N) is 1. The molecule has 98 valence electrons. The highest BCUT2D eigenvalue weighted by Crippen LogP contribution is 2.42. The molecule has 1 spiro atoms. The van der Waals surface area contributed by atoms with Crippen LogP contribution in [0.5, 0.6) is 0 Å². The highest BCUT2D eigenvalue weighted by atomic mass is 16.5. The molecule has 4 heteroatoms. The fourth-order valence-corrected chi connectivity index (χ4v) is 2.88. The zero-order chi connectivity index (χ0) is 12.4. The van der Waals surface area contributed by atoms with Crippen LogP contribution in [0.1, 0.15) is 43.5 Å². The molecule has 0 bridgehead atoms. The fraction of sp³-hybridized carbons (Fsp3) is 0.714. The third-order valence-corrected chi connectivity index (χ3v) is 4.16. The first-order valence-corrected chi connectivity index (χ1v) is 6.91. The SMILES string of the molecule is Cc1cnc(CNC2CCOC3(CCC3)C2)cn1. The summed E-state index contributed by atoms with van der Waals surface area (Å²) in [7, 11) is 0. The van der Waals surface area contributed by atoms with Crippen LogP contribution in [0.3, 0.4) is 0 Å². The van der Waals surface area contributed by atoms with Crippen molar-refractivity contribution in [3.05, 3.63) is 23.8 Å². The first kappa shape index (κ1) is 12.1. The van der Waals surface area contributed by atoms with Crippen LogP contribution in [0.4, 0.5) is 0 Å². The van der Waals surface area contributed by atoms with Crippen LogP contribution in [0.2, 0.25) is 0 Å². The maximum Gasteiger partial charge on any atom is 0.0724 e. The zero-order valence-electron chi connectivity index (χ0n) is 11.0. The number of hydrogen-bond acceptors (Lipinski definition) is 4.